The summed E-state index contributed by atoms with van der Waals surface area (Å²) < 4.78 is 5.84. The molecule has 0 aromatic heterocycles. The first-order chi connectivity index (χ1) is 11.9. The highest BCUT2D eigenvalue weighted by Crippen LogP contribution is 2.76. The van der Waals surface area contributed by atoms with Gasteiger partial charge in [-0.15, -0.1) is 0 Å². The van der Waals surface area contributed by atoms with Gasteiger partial charge < -0.3 is 9.84 Å². The van der Waals surface area contributed by atoms with Crippen LogP contribution in [0.5, 0.6) is 0 Å². The largest absolute Gasteiger partial charge is 0.462 e. The van der Waals surface area contributed by atoms with Crippen molar-refractivity contribution in [2.45, 2.75) is 85.4 Å². The van der Waals surface area contributed by atoms with Gasteiger partial charge in [-0.1, -0.05) is 34.6 Å². The van der Waals surface area contributed by atoms with Crippen molar-refractivity contribution in [3.63, 3.8) is 0 Å². The van der Waals surface area contributed by atoms with Gasteiger partial charge >= 0.3 is 5.97 Å². The van der Waals surface area contributed by atoms with E-state index in [1.165, 1.54) is 6.92 Å². The Morgan fingerprint density at radius 1 is 1.19 bits per heavy atom. The number of esters is 1. The fourth-order valence-corrected chi connectivity index (χ4v) is 7.36. The van der Waals surface area contributed by atoms with E-state index < -0.39 is 5.60 Å². The standard InChI is InChI=1S/C22H34O4/c1-12(2)22(25)8-7-19(4)11-16(26-13(3)23)21(6)10-15(24)20(5)9-14(20)17(21)18(19)22/h12,14,16-18,25H,7-11H2,1-6H3. The number of ketones is 1. The zero-order valence-corrected chi connectivity index (χ0v) is 17.1. The zero-order valence-electron chi connectivity index (χ0n) is 17.1. The molecule has 0 heterocycles. The highest BCUT2D eigenvalue weighted by molar-refractivity contribution is 5.89. The second-order valence-corrected chi connectivity index (χ2v) is 10.9. The van der Waals surface area contributed by atoms with Crippen LogP contribution in [0.2, 0.25) is 0 Å². The van der Waals surface area contributed by atoms with Crippen LogP contribution in [-0.2, 0) is 14.3 Å². The second kappa shape index (κ2) is 5.12. The van der Waals surface area contributed by atoms with E-state index in [1.54, 1.807) is 0 Å². The summed E-state index contributed by atoms with van der Waals surface area (Å²) in [4.78, 5) is 24.8. The summed E-state index contributed by atoms with van der Waals surface area (Å²) in [7, 11) is 0. The van der Waals surface area contributed by atoms with E-state index in [0.717, 1.165) is 25.7 Å². The number of Topliss-reactive ketones (excluding diaryl/α,β-unsaturated/α-hetero) is 1. The van der Waals surface area contributed by atoms with Crippen LogP contribution >= 0.6 is 0 Å². The van der Waals surface area contributed by atoms with E-state index in [1.807, 2.05) is 0 Å². The van der Waals surface area contributed by atoms with Crippen molar-refractivity contribution in [2.75, 3.05) is 0 Å². The molecule has 4 nitrogen and oxygen atoms in total. The Kier molecular flexibility index (Phi) is 3.64. The van der Waals surface area contributed by atoms with Crippen molar-refractivity contribution in [1.29, 1.82) is 0 Å². The maximum atomic E-state index is 12.9. The fourth-order valence-electron chi connectivity index (χ4n) is 7.36. The van der Waals surface area contributed by atoms with Crippen LogP contribution in [0.25, 0.3) is 0 Å². The third kappa shape index (κ3) is 2.11. The Morgan fingerprint density at radius 2 is 1.85 bits per heavy atom. The lowest BCUT2D eigenvalue weighted by molar-refractivity contribution is -0.209. The molecule has 4 fully saturated rings. The van der Waals surface area contributed by atoms with Gasteiger partial charge in [0, 0.05) is 24.2 Å². The molecule has 0 aliphatic heterocycles. The molecule has 0 amide bonds. The summed E-state index contributed by atoms with van der Waals surface area (Å²) in [5.74, 6) is 0.986. The Labute approximate surface area is 157 Å². The average Bonchev–Trinajstić information content (AvgIpc) is 3.13. The van der Waals surface area contributed by atoms with Crippen LogP contribution < -0.4 is 0 Å². The van der Waals surface area contributed by atoms with Crippen LogP contribution in [0.1, 0.15) is 73.6 Å². The lowest BCUT2D eigenvalue weighted by Gasteiger charge is -2.60. The van der Waals surface area contributed by atoms with Crippen LogP contribution in [-0.4, -0.2) is 28.6 Å². The zero-order chi connectivity index (χ0) is 19.3. The van der Waals surface area contributed by atoms with Gasteiger partial charge in [0.15, 0.2) is 0 Å². The van der Waals surface area contributed by atoms with Gasteiger partial charge in [-0.3, -0.25) is 9.59 Å². The minimum absolute atomic E-state index is 0.0345. The van der Waals surface area contributed by atoms with Gasteiger partial charge in [-0.2, -0.15) is 0 Å². The minimum atomic E-state index is -0.689. The van der Waals surface area contributed by atoms with Gasteiger partial charge in [0.25, 0.3) is 0 Å². The molecule has 26 heavy (non-hydrogen) atoms. The Hall–Kier alpha value is -0.900. The molecule has 4 aliphatic rings. The first-order valence-corrected chi connectivity index (χ1v) is 10.3. The summed E-state index contributed by atoms with van der Waals surface area (Å²) >= 11 is 0. The number of ether oxygens (including phenoxy) is 1. The maximum absolute atomic E-state index is 12.9. The summed E-state index contributed by atoms with van der Waals surface area (Å²) in [5, 5.41) is 11.7. The Morgan fingerprint density at radius 3 is 2.42 bits per heavy atom. The molecule has 4 aliphatic carbocycles. The maximum Gasteiger partial charge on any atom is 0.302 e. The molecule has 0 saturated heterocycles. The van der Waals surface area contributed by atoms with Crippen molar-refractivity contribution in [3.05, 3.63) is 0 Å². The predicted octanol–water partition coefficient (Wildman–Crippen LogP) is 3.75. The molecule has 4 rings (SSSR count). The molecule has 8 atom stereocenters. The molecule has 0 bridgehead atoms. The number of aliphatic hydroxyl groups is 1. The van der Waals surface area contributed by atoms with Crippen LogP contribution in [0.3, 0.4) is 0 Å². The normalized spacial score (nSPS) is 55.2. The SMILES string of the molecule is CC(=O)OC1CC2(C)CCC(O)(C(C)C)C2C2C3CC3(C)C(=O)CC12C. The first-order valence-electron chi connectivity index (χ1n) is 10.3. The molecule has 8 unspecified atom stereocenters. The quantitative estimate of drug-likeness (QED) is 0.760. The predicted molar refractivity (Wildman–Crippen MR) is 98.2 cm³/mol. The van der Waals surface area contributed by atoms with E-state index in [0.29, 0.717) is 18.1 Å². The fraction of sp³-hybridized carbons (Fsp3) is 0.909. The molecule has 0 aromatic carbocycles. The van der Waals surface area contributed by atoms with Gasteiger partial charge in [-0.25, -0.2) is 0 Å². The topological polar surface area (TPSA) is 63.6 Å². The highest BCUT2D eigenvalue weighted by atomic mass is 16.5. The lowest BCUT2D eigenvalue weighted by Crippen LogP contribution is -2.63. The number of hydrogen-bond acceptors (Lipinski definition) is 4. The van der Waals surface area contributed by atoms with E-state index in [9.17, 15) is 14.7 Å². The molecular weight excluding hydrogens is 328 g/mol. The summed E-state index contributed by atoms with van der Waals surface area (Å²) in [6.45, 7) is 12.3. The molecule has 4 saturated carbocycles. The lowest BCUT2D eigenvalue weighted by atomic mass is 9.45. The van der Waals surface area contributed by atoms with Gasteiger partial charge in [-0.05, 0) is 54.8 Å². The highest BCUT2D eigenvalue weighted by Gasteiger charge is 2.76. The summed E-state index contributed by atoms with van der Waals surface area (Å²) in [5.41, 5.74) is -1.30. The van der Waals surface area contributed by atoms with Crippen molar-refractivity contribution in [3.8, 4) is 0 Å². The van der Waals surface area contributed by atoms with Gasteiger partial charge in [0.05, 0.1) is 5.60 Å². The van der Waals surface area contributed by atoms with Crippen LogP contribution in [0.15, 0.2) is 0 Å². The molecule has 0 aromatic rings. The Balaban J connectivity index is 1.84. The molecular formula is C22H34O4. The van der Waals surface area contributed by atoms with Crippen molar-refractivity contribution in [1.82, 2.24) is 0 Å². The Bertz CT molecular complexity index is 671. The third-order valence-corrected chi connectivity index (χ3v) is 9.12. The van der Waals surface area contributed by atoms with Crippen molar-refractivity contribution >= 4 is 11.8 Å². The third-order valence-electron chi connectivity index (χ3n) is 9.12. The second-order valence-electron chi connectivity index (χ2n) is 10.9. The minimum Gasteiger partial charge on any atom is -0.462 e. The number of fused-ring (bicyclic) bond motifs is 5. The van der Waals surface area contributed by atoms with E-state index in [2.05, 4.69) is 34.6 Å². The molecule has 146 valence electrons. The van der Waals surface area contributed by atoms with Gasteiger partial charge in [0.2, 0.25) is 0 Å². The molecule has 1 N–H and O–H groups in total. The van der Waals surface area contributed by atoms with Gasteiger partial charge in [0.1, 0.15) is 11.9 Å². The summed E-state index contributed by atoms with van der Waals surface area (Å²) in [6, 6.07) is 0. The van der Waals surface area contributed by atoms with Crippen molar-refractivity contribution < 1.29 is 19.4 Å². The monoisotopic (exact) mass is 362 g/mol. The van der Waals surface area contributed by atoms with Crippen molar-refractivity contribution in [2.24, 2.45) is 39.9 Å². The molecule has 4 heteroatoms. The number of carbonyl (C=O) groups excluding carboxylic acids is 2. The smallest absolute Gasteiger partial charge is 0.302 e. The average molecular weight is 363 g/mol. The first kappa shape index (κ1) is 18.5. The molecule has 0 spiro atoms. The van der Waals surface area contributed by atoms with E-state index >= 15 is 0 Å². The number of rotatable bonds is 2. The van der Waals surface area contributed by atoms with Crippen LogP contribution in [0.4, 0.5) is 0 Å². The van der Waals surface area contributed by atoms with E-state index in [-0.39, 0.29) is 46.1 Å². The number of hydrogen-bond donors (Lipinski definition) is 1. The summed E-state index contributed by atoms with van der Waals surface area (Å²) in [6.07, 6.45) is 3.71. The van der Waals surface area contributed by atoms with E-state index in [4.69, 9.17) is 4.74 Å². The van der Waals surface area contributed by atoms with Crippen LogP contribution in [0, 0.1) is 39.9 Å². The number of carbonyl (C=O) groups is 2. The molecule has 0 radical (unpaired) electrons.